The van der Waals surface area contributed by atoms with Crippen molar-refractivity contribution in [2.75, 3.05) is 18.5 Å². The SMILES string of the molecule is O=C(COc1ccc(C(=O)Nc2ccc(F)cc2)cn1)OCC1CCC1. The van der Waals surface area contributed by atoms with Crippen molar-refractivity contribution in [1.29, 1.82) is 0 Å². The average molecular weight is 358 g/mol. The number of halogens is 1. The molecular formula is C19H19FN2O4. The van der Waals surface area contributed by atoms with Gasteiger partial charge in [0.25, 0.3) is 5.91 Å². The highest BCUT2D eigenvalue weighted by Crippen LogP contribution is 2.26. The quantitative estimate of drug-likeness (QED) is 0.769. The molecule has 2 aromatic rings. The maximum absolute atomic E-state index is 12.9. The third kappa shape index (κ3) is 5.02. The Kier molecular flexibility index (Phi) is 5.78. The summed E-state index contributed by atoms with van der Waals surface area (Å²) in [7, 11) is 0. The fourth-order valence-electron chi connectivity index (χ4n) is 2.38. The van der Waals surface area contributed by atoms with E-state index in [2.05, 4.69) is 10.3 Å². The molecule has 6 nitrogen and oxygen atoms in total. The molecule has 3 rings (SSSR count). The summed E-state index contributed by atoms with van der Waals surface area (Å²) in [6.45, 7) is 0.221. The number of rotatable bonds is 7. The van der Waals surface area contributed by atoms with Crippen LogP contribution in [0.2, 0.25) is 0 Å². The van der Waals surface area contributed by atoms with Gasteiger partial charge in [-0.05, 0) is 49.1 Å². The molecule has 0 aliphatic heterocycles. The van der Waals surface area contributed by atoms with Crippen LogP contribution in [-0.4, -0.2) is 30.1 Å². The molecule has 26 heavy (non-hydrogen) atoms. The van der Waals surface area contributed by atoms with Gasteiger partial charge in [-0.25, -0.2) is 14.2 Å². The summed E-state index contributed by atoms with van der Waals surface area (Å²) in [5.41, 5.74) is 0.792. The fraction of sp³-hybridized carbons (Fsp3) is 0.316. The summed E-state index contributed by atoms with van der Waals surface area (Å²) in [5, 5.41) is 2.63. The number of hydrogen-bond acceptors (Lipinski definition) is 5. The van der Waals surface area contributed by atoms with Crippen molar-refractivity contribution in [1.82, 2.24) is 4.98 Å². The van der Waals surface area contributed by atoms with E-state index in [0.29, 0.717) is 23.8 Å². The Morgan fingerprint density at radius 3 is 2.54 bits per heavy atom. The van der Waals surface area contributed by atoms with Crippen LogP contribution in [-0.2, 0) is 9.53 Å². The number of pyridine rings is 1. The molecule has 1 aliphatic carbocycles. The predicted molar refractivity (Wildman–Crippen MR) is 92.4 cm³/mol. The molecule has 0 spiro atoms. The van der Waals surface area contributed by atoms with Gasteiger partial charge >= 0.3 is 5.97 Å². The monoisotopic (exact) mass is 358 g/mol. The summed E-state index contributed by atoms with van der Waals surface area (Å²) in [6.07, 6.45) is 4.76. The van der Waals surface area contributed by atoms with Gasteiger partial charge in [-0.1, -0.05) is 6.42 Å². The smallest absolute Gasteiger partial charge is 0.344 e. The molecule has 1 saturated carbocycles. The van der Waals surface area contributed by atoms with Crippen molar-refractivity contribution in [3.63, 3.8) is 0 Å². The van der Waals surface area contributed by atoms with Crippen LogP contribution >= 0.6 is 0 Å². The molecule has 1 aromatic carbocycles. The van der Waals surface area contributed by atoms with Gasteiger partial charge in [0.1, 0.15) is 5.82 Å². The van der Waals surface area contributed by atoms with Gasteiger partial charge in [-0.3, -0.25) is 4.79 Å². The van der Waals surface area contributed by atoms with Crippen molar-refractivity contribution in [3.05, 3.63) is 54.0 Å². The van der Waals surface area contributed by atoms with E-state index in [4.69, 9.17) is 9.47 Å². The van der Waals surface area contributed by atoms with Crippen LogP contribution in [0.4, 0.5) is 10.1 Å². The molecule has 1 heterocycles. The zero-order valence-electron chi connectivity index (χ0n) is 14.1. The molecule has 1 fully saturated rings. The molecule has 0 atom stereocenters. The second-order valence-electron chi connectivity index (χ2n) is 6.11. The van der Waals surface area contributed by atoms with Crippen LogP contribution in [0.25, 0.3) is 0 Å². The molecule has 1 aromatic heterocycles. The lowest BCUT2D eigenvalue weighted by Gasteiger charge is -2.24. The molecule has 0 unspecified atom stereocenters. The number of carbonyl (C=O) groups is 2. The van der Waals surface area contributed by atoms with Crippen LogP contribution in [0.3, 0.4) is 0 Å². The number of nitrogens with one attached hydrogen (secondary N) is 1. The highest BCUT2D eigenvalue weighted by atomic mass is 19.1. The summed E-state index contributed by atoms with van der Waals surface area (Å²) in [4.78, 5) is 27.7. The maximum Gasteiger partial charge on any atom is 0.344 e. The minimum Gasteiger partial charge on any atom is -0.466 e. The first kappa shape index (κ1) is 17.8. The van der Waals surface area contributed by atoms with E-state index in [1.54, 1.807) is 0 Å². The Bertz CT molecular complexity index is 758. The molecule has 136 valence electrons. The Hall–Kier alpha value is -2.96. The minimum atomic E-state index is -0.433. The van der Waals surface area contributed by atoms with Gasteiger partial charge in [0.15, 0.2) is 6.61 Å². The van der Waals surface area contributed by atoms with Gasteiger partial charge in [0.05, 0.1) is 12.2 Å². The van der Waals surface area contributed by atoms with E-state index in [1.165, 1.54) is 49.0 Å². The Labute approximate surface area is 150 Å². The first-order valence-electron chi connectivity index (χ1n) is 8.41. The van der Waals surface area contributed by atoms with Crippen LogP contribution < -0.4 is 10.1 Å². The summed E-state index contributed by atoms with van der Waals surface area (Å²) < 4.78 is 23.2. The lowest BCUT2D eigenvalue weighted by Crippen LogP contribution is -2.23. The van der Waals surface area contributed by atoms with Crippen LogP contribution in [0.1, 0.15) is 29.6 Å². The van der Waals surface area contributed by atoms with E-state index in [-0.39, 0.29) is 24.2 Å². The Morgan fingerprint density at radius 1 is 1.15 bits per heavy atom. The molecule has 0 bridgehead atoms. The average Bonchev–Trinajstić information content (AvgIpc) is 2.61. The Balaban J connectivity index is 1.45. The third-order valence-electron chi connectivity index (χ3n) is 4.14. The number of benzene rings is 1. The first-order chi connectivity index (χ1) is 12.6. The number of nitrogens with zero attached hydrogens (tertiary/aromatic N) is 1. The van der Waals surface area contributed by atoms with Crippen LogP contribution in [0.15, 0.2) is 42.6 Å². The van der Waals surface area contributed by atoms with E-state index in [1.807, 2.05) is 0 Å². The first-order valence-corrected chi connectivity index (χ1v) is 8.41. The lowest BCUT2D eigenvalue weighted by atomic mass is 9.86. The fourth-order valence-corrected chi connectivity index (χ4v) is 2.38. The van der Waals surface area contributed by atoms with Crippen molar-refractivity contribution in [2.24, 2.45) is 5.92 Å². The van der Waals surface area contributed by atoms with Gasteiger partial charge < -0.3 is 14.8 Å². The van der Waals surface area contributed by atoms with Gasteiger partial charge in [0.2, 0.25) is 5.88 Å². The number of amides is 1. The number of aromatic nitrogens is 1. The van der Waals surface area contributed by atoms with Crippen molar-refractivity contribution < 1.29 is 23.5 Å². The van der Waals surface area contributed by atoms with Crippen molar-refractivity contribution >= 4 is 17.6 Å². The summed E-state index contributed by atoms with van der Waals surface area (Å²) in [6, 6.07) is 8.48. The maximum atomic E-state index is 12.9. The molecule has 1 aliphatic rings. The van der Waals surface area contributed by atoms with Gasteiger partial charge in [-0.2, -0.15) is 0 Å². The Morgan fingerprint density at radius 2 is 1.92 bits per heavy atom. The number of esters is 1. The largest absolute Gasteiger partial charge is 0.466 e. The second kappa shape index (κ2) is 8.42. The van der Waals surface area contributed by atoms with Gasteiger partial charge in [0, 0.05) is 18.0 Å². The minimum absolute atomic E-state index is 0.221. The number of hydrogen-bond donors (Lipinski definition) is 1. The topological polar surface area (TPSA) is 77.5 Å². The normalized spacial score (nSPS) is 13.6. The zero-order chi connectivity index (χ0) is 18.4. The molecule has 1 N–H and O–H groups in total. The van der Waals surface area contributed by atoms with E-state index >= 15 is 0 Å². The molecular weight excluding hydrogens is 339 g/mol. The molecule has 0 radical (unpaired) electrons. The highest BCUT2D eigenvalue weighted by molar-refractivity contribution is 6.04. The van der Waals surface area contributed by atoms with E-state index in [9.17, 15) is 14.0 Å². The third-order valence-corrected chi connectivity index (χ3v) is 4.14. The predicted octanol–water partition coefficient (Wildman–Crippen LogP) is 3.20. The zero-order valence-corrected chi connectivity index (χ0v) is 14.1. The van der Waals surface area contributed by atoms with Crippen molar-refractivity contribution in [3.8, 4) is 5.88 Å². The number of ether oxygens (including phenoxy) is 2. The standard InChI is InChI=1S/C19H19FN2O4/c20-15-5-7-16(8-6-15)22-19(24)14-4-9-17(21-10-14)25-12-18(23)26-11-13-2-1-3-13/h4-10,13H,1-3,11-12H2,(H,22,24). The van der Waals surface area contributed by atoms with E-state index < -0.39 is 5.97 Å². The molecule has 0 saturated heterocycles. The number of carbonyl (C=O) groups excluding carboxylic acids is 2. The number of anilines is 1. The molecule has 1 amide bonds. The van der Waals surface area contributed by atoms with E-state index in [0.717, 1.165) is 12.8 Å². The summed E-state index contributed by atoms with van der Waals surface area (Å²) >= 11 is 0. The summed E-state index contributed by atoms with van der Waals surface area (Å²) in [5.74, 6) is -0.482. The highest BCUT2D eigenvalue weighted by Gasteiger charge is 2.19. The van der Waals surface area contributed by atoms with Crippen LogP contribution in [0, 0.1) is 11.7 Å². The van der Waals surface area contributed by atoms with Crippen LogP contribution in [0.5, 0.6) is 5.88 Å². The van der Waals surface area contributed by atoms with Crippen molar-refractivity contribution in [2.45, 2.75) is 19.3 Å². The second-order valence-corrected chi connectivity index (χ2v) is 6.11. The molecule has 7 heteroatoms. The lowest BCUT2D eigenvalue weighted by molar-refractivity contribution is -0.148. The van der Waals surface area contributed by atoms with Gasteiger partial charge in [-0.15, -0.1) is 0 Å².